The fraction of sp³-hybridized carbons (Fsp3) is 0.500. The molecule has 0 bridgehead atoms. The van der Waals surface area contributed by atoms with Crippen molar-refractivity contribution in [3.63, 3.8) is 0 Å². The van der Waals surface area contributed by atoms with Crippen LogP contribution in [0.4, 0.5) is 0 Å². The summed E-state index contributed by atoms with van der Waals surface area (Å²) < 4.78 is 5.23. The van der Waals surface area contributed by atoms with Crippen molar-refractivity contribution in [2.24, 2.45) is 0 Å². The van der Waals surface area contributed by atoms with Gasteiger partial charge >= 0.3 is 18.9 Å². The number of ether oxygens (including phenoxy) is 1. The predicted molar refractivity (Wildman–Crippen MR) is 81.1 cm³/mol. The minimum atomic E-state index is 0. The van der Waals surface area contributed by atoms with Gasteiger partial charge in [-0.1, -0.05) is 55.3 Å². The molecule has 1 fully saturated rings. The predicted octanol–water partition coefficient (Wildman–Crippen LogP) is 2.43. The van der Waals surface area contributed by atoms with Crippen LogP contribution in [0, 0.1) is 0 Å². The van der Waals surface area contributed by atoms with E-state index in [4.69, 9.17) is 27.9 Å². The zero-order valence-corrected chi connectivity index (χ0v) is 14.2. The number of benzene rings is 1. The molecule has 2 nitrogen and oxygen atoms in total. The molecule has 0 N–H and O–H groups in total. The largest absolute Gasteiger partial charge is 1.00 e. The first kappa shape index (κ1) is 18.3. The van der Waals surface area contributed by atoms with Crippen LogP contribution >= 0.6 is 31.8 Å². The quantitative estimate of drug-likeness (QED) is 0.628. The van der Waals surface area contributed by atoms with Gasteiger partial charge in [0.2, 0.25) is 0 Å². The van der Waals surface area contributed by atoms with Gasteiger partial charge in [-0.15, -0.1) is 0 Å². The Labute approximate surface area is 143 Å². The maximum absolute atomic E-state index is 12.4. The van der Waals surface area contributed by atoms with Gasteiger partial charge in [-0.05, 0) is 12.1 Å². The molecular formula is C14H16Cl2LiO2P. The molecule has 6 heteroatoms. The maximum Gasteiger partial charge on any atom is 1.00 e. The van der Waals surface area contributed by atoms with Gasteiger partial charge in [-0.25, -0.2) is 0 Å². The molecular weight excluding hydrogens is 309 g/mol. The van der Waals surface area contributed by atoms with Crippen molar-refractivity contribution in [2.75, 3.05) is 7.11 Å². The summed E-state index contributed by atoms with van der Waals surface area (Å²) in [6.07, 6.45) is 5.94. The molecule has 104 valence electrons. The van der Waals surface area contributed by atoms with E-state index in [1.54, 1.807) is 12.1 Å². The van der Waals surface area contributed by atoms with Gasteiger partial charge in [0.25, 0.3) is 0 Å². The standard InChI is InChI=1S/C14H16Cl2O2P.Li/c1-18-13-11(16)8-7-10(15)12(13)14(17)19-9-5-3-2-4-6-9;/h7-9H,2-6H2,1H3;/q-1;+1. The van der Waals surface area contributed by atoms with Crippen LogP contribution < -0.4 is 23.6 Å². The third-order valence-electron chi connectivity index (χ3n) is 3.35. The van der Waals surface area contributed by atoms with Crippen molar-refractivity contribution in [3.8, 4) is 5.75 Å². The van der Waals surface area contributed by atoms with Crippen molar-refractivity contribution in [1.29, 1.82) is 0 Å². The fourth-order valence-corrected chi connectivity index (χ4v) is 4.21. The van der Waals surface area contributed by atoms with E-state index in [9.17, 15) is 4.79 Å². The van der Waals surface area contributed by atoms with Crippen LogP contribution in [0.1, 0.15) is 42.5 Å². The third-order valence-corrected chi connectivity index (χ3v) is 5.30. The normalized spacial score (nSPS) is 16.1. The van der Waals surface area contributed by atoms with Gasteiger partial charge in [0, 0.05) is 11.1 Å². The van der Waals surface area contributed by atoms with Crippen molar-refractivity contribution >= 4 is 37.3 Å². The molecule has 0 amide bonds. The number of halogens is 2. The van der Waals surface area contributed by atoms with Crippen LogP contribution in [0.5, 0.6) is 5.75 Å². The molecule has 1 aliphatic rings. The van der Waals surface area contributed by atoms with Crippen molar-refractivity contribution < 1.29 is 28.4 Å². The Hall–Kier alpha value is 0.297. The maximum atomic E-state index is 12.4. The van der Waals surface area contributed by atoms with Gasteiger partial charge in [0.15, 0.2) is 0 Å². The minimum Gasteiger partial charge on any atom is -0.494 e. The number of methoxy groups -OCH3 is 1. The van der Waals surface area contributed by atoms with Gasteiger partial charge < -0.3 is 18.1 Å². The Morgan fingerprint density at radius 2 is 1.80 bits per heavy atom. The second-order valence-corrected chi connectivity index (χ2v) is 6.87. The van der Waals surface area contributed by atoms with E-state index in [0.717, 1.165) is 21.4 Å². The first-order chi connectivity index (χ1) is 9.13. The second kappa shape index (κ2) is 8.67. The average Bonchev–Trinajstić information content (AvgIpc) is 2.42. The summed E-state index contributed by atoms with van der Waals surface area (Å²) in [5.74, 6) is 0.391. The number of carbonyl (C=O) groups is 1. The molecule has 1 aromatic carbocycles. The molecule has 2 rings (SSSR count). The van der Waals surface area contributed by atoms with E-state index in [0.29, 0.717) is 27.0 Å². The summed E-state index contributed by atoms with van der Waals surface area (Å²) in [6, 6.07) is 3.30. The van der Waals surface area contributed by atoms with Crippen LogP contribution in [-0.2, 0) is 0 Å². The SMILES string of the molecule is COc1c(Cl)ccc(Cl)c1C(=O)[P-]C1CCCCC1.[Li+]. The average molecular weight is 325 g/mol. The Morgan fingerprint density at radius 3 is 2.40 bits per heavy atom. The Balaban J connectivity index is 0.00000200. The van der Waals surface area contributed by atoms with Crippen molar-refractivity contribution in [3.05, 3.63) is 27.7 Å². The molecule has 1 saturated carbocycles. The first-order valence-corrected chi connectivity index (χ1v) is 8.12. The summed E-state index contributed by atoms with van der Waals surface area (Å²) in [5.41, 5.74) is 0.876. The van der Waals surface area contributed by atoms with Crippen molar-refractivity contribution in [1.82, 2.24) is 0 Å². The number of rotatable bonds is 4. The van der Waals surface area contributed by atoms with Crippen LogP contribution in [0.3, 0.4) is 0 Å². The molecule has 20 heavy (non-hydrogen) atoms. The van der Waals surface area contributed by atoms with E-state index >= 15 is 0 Å². The van der Waals surface area contributed by atoms with Gasteiger partial charge in [0.1, 0.15) is 5.75 Å². The fourth-order valence-electron chi connectivity index (χ4n) is 2.37. The van der Waals surface area contributed by atoms with Crippen LogP contribution in [-0.4, -0.2) is 18.3 Å². The third kappa shape index (κ3) is 4.39. The number of hydrogen-bond acceptors (Lipinski definition) is 2. The first-order valence-electron chi connectivity index (χ1n) is 6.40. The smallest absolute Gasteiger partial charge is 0.494 e. The zero-order valence-electron chi connectivity index (χ0n) is 11.8. The second-order valence-electron chi connectivity index (χ2n) is 4.66. The molecule has 0 atom stereocenters. The van der Waals surface area contributed by atoms with E-state index in [1.807, 2.05) is 0 Å². The molecule has 0 saturated heterocycles. The topological polar surface area (TPSA) is 26.3 Å². The van der Waals surface area contributed by atoms with Crippen molar-refractivity contribution in [2.45, 2.75) is 37.8 Å². The molecule has 0 aliphatic heterocycles. The monoisotopic (exact) mass is 324 g/mol. The van der Waals surface area contributed by atoms with E-state index in [1.165, 1.54) is 26.4 Å². The minimum absolute atomic E-state index is 0. The van der Waals surface area contributed by atoms with Gasteiger partial charge in [-0.2, -0.15) is 5.66 Å². The van der Waals surface area contributed by atoms with E-state index in [-0.39, 0.29) is 24.4 Å². The van der Waals surface area contributed by atoms with Crippen LogP contribution in [0.2, 0.25) is 10.0 Å². The molecule has 0 heterocycles. The Morgan fingerprint density at radius 1 is 1.20 bits per heavy atom. The van der Waals surface area contributed by atoms with Gasteiger partial charge in [-0.3, -0.25) is 0 Å². The van der Waals surface area contributed by atoms with E-state index < -0.39 is 0 Å². The Kier molecular flexibility index (Phi) is 7.95. The molecule has 0 radical (unpaired) electrons. The molecule has 0 aromatic heterocycles. The summed E-state index contributed by atoms with van der Waals surface area (Å²) in [5, 5.41) is 0.837. The van der Waals surface area contributed by atoms with E-state index in [2.05, 4.69) is 0 Å². The molecule has 0 spiro atoms. The number of carbonyl (C=O) groups excluding carboxylic acids is 1. The summed E-state index contributed by atoms with van der Waals surface area (Å²) in [7, 11) is 2.32. The van der Waals surface area contributed by atoms with Crippen LogP contribution in [0.15, 0.2) is 12.1 Å². The molecule has 1 aliphatic carbocycles. The number of hydrogen-bond donors (Lipinski definition) is 0. The van der Waals surface area contributed by atoms with Crippen LogP contribution in [0.25, 0.3) is 0 Å². The summed E-state index contributed by atoms with van der Waals surface area (Å²) in [4.78, 5) is 12.4. The van der Waals surface area contributed by atoms with Gasteiger partial charge in [0.05, 0.1) is 17.2 Å². The summed E-state index contributed by atoms with van der Waals surface area (Å²) in [6.45, 7) is 0. The molecule has 0 unspecified atom stereocenters. The zero-order chi connectivity index (χ0) is 13.8. The molecule has 1 aromatic rings. The summed E-state index contributed by atoms with van der Waals surface area (Å²) >= 11 is 12.2. The Bertz CT molecular complexity index is 476.